The summed E-state index contributed by atoms with van der Waals surface area (Å²) >= 11 is 0. The number of nitrogens with zero attached hydrogens (tertiary/aromatic N) is 1. The molecule has 1 aromatic carbocycles. The molecule has 0 unspecified atom stereocenters. The van der Waals surface area contributed by atoms with Gasteiger partial charge in [-0.3, -0.25) is 10.3 Å². The highest BCUT2D eigenvalue weighted by Gasteiger charge is 2.13. The van der Waals surface area contributed by atoms with Crippen LogP contribution in [-0.4, -0.2) is 37.0 Å². The summed E-state index contributed by atoms with van der Waals surface area (Å²) in [6, 6.07) is 4.70. The Morgan fingerprint density at radius 3 is 2.71 bits per heavy atom. The fraction of sp³-hybridized carbons (Fsp3) is 0.417. The Kier molecular flexibility index (Phi) is 3.71. The van der Waals surface area contributed by atoms with Crippen molar-refractivity contribution < 1.29 is 9.13 Å². The standard InChI is InChI=1S/C12H16FN3O/c13-11-7-9(12(14)15)1-2-10(11)8-16-3-5-17-6-4-16/h1-2,7H,3-6,8H2,(H3,14,15). The van der Waals surface area contributed by atoms with E-state index in [2.05, 4.69) is 4.90 Å². The van der Waals surface area contributed by atoms with Gasteiger partial charge in [-0.1, -0.05) is 12.1 Å². The van der Waals surface area contributed by atoms with Crippen molar-refractivity contribution in [2.45, 2.75) is 6.54 Å². The predicted molar refractivity (Wildman–Crippen MR) is 63.5 cm³/mol. The first-order chi connectivity index (χ1) is 8.16. The Morgan fingerprint density at radius 1 is 1.41 bits per heavy atom. The molecule has 0 radical (unpaired) electrons. The molecular formula is C12H16FN3O. The third kappa shape index (κ3) is 3.01. The zero-order chi connectivity index (χ0) is 12.3. The molecule has 0 amide bonds. The number of halogens is 1. The number of morpholine rings is 1. The fourth-order valence-corrected chi connectivity index (χ4v) is 1.84. The molecule has 2 rings (SSSR count). The van der Waals surface area contributed by atoms with Crippen LogP contribution in [0.4, 0.5) is 4.39 Å². The molecule has 1 saturated heterocycles. The lowest BCUT2D eigenvalue weighted by Crippen LogP contribution is -2.35. The Balaban J connectivity index is 2.08. The highest BCUT2D eigenvalue weighted by atomic mass is 19.1. The third-order valence-electron chi connectivity index (χ3n) is 2.86. The van der Waals surface area contributed by atoms with E-state index in [9.17, 15) is 4.39 Å². The lowest BCUT2D eigenvalue weighted by molar-refractivity contribution is 0.0337. The van der Waals surface area contributed by atoms with Crippen LogP contribution in [0.2, 0.25) is 0 Å². The molecule has 1 aromatic rings. The van der Waals surface area contributed by atoms with Crippen LogP contribution in [0.15, 0.2) is 18.2 Å². The van der Waals surface area contributed by atoms with Crippen molar-refractivity contribution in [1.29, 1.82) is 5.41 Å². The van der Waals surface area contributed by atoms with Crippen molar-refractivity contribution >= 4 is 5.84 Å². The normalized spacial score (nSPS) is 17.0. The van der Waals surface area contributed by atoms with E-state index in [1.807, 2.05) is 0 Å². The zero-order valence-corrected chi connectivity index (χ0v) is 9.58. The largest absolute Gasteiger partial charge is 0.384 e. The molecule has 1 aliphatic rings. The Morgan fingerprint density at radius 2 is 2.12 bits per heavy atom. The second kappa shape index (κ2) is 5.25. The summed E-state index contributed by atoms with van der Waals surface area (Å²) < 4.78 is 19.0. The van der Waals surface area contributed by atoms with Crippen LogP contribution in [0.5, 0.6) is 0 Å². The second-order valence-electron chi connectivity index (χ2n) is 4.11. The highest BCUT2D eigenvalue weighted by Crippen LogP contribution is 2.13. The molecule has 0 aliphatic carbocycles. The lowest BCUT2D eigenvalue weighted by Gasteiger charge is -2.26. The second-order valence-corrected chi connectivity index (χ2v) is 4.11. The van der Waals surface area contributed by atoms with Crippen LogP contribution in [0.25, 0.3) is 0 Å². The molecule has 0 atom stereocenters. The number of benzene rings is 1. The van der Waals surface area contributed by atoms with Gasteiger partial charge >= 0.3 is 0 Å². The van der Waals surface area contributed by atoms with Gasteiger partial charge in [0.2, 0.25) is 0 Å². The molecule has 1 fully saturated rings. The van der Waals surface area contributed by atoms with Crippen LogP contribution in [0.1, 0.15) is 11.1 Å². The number of amidine groups is 1. The summed E-state index contributed by atoms with van der Waals surface area (Å²) in [6.07, 6.45) is 0. The lowest BCUT2D eigenvalue weighted by atomic mass is 10.1. The summed E-state index contributed by atoms with van der Waals surface area (Å²) in [5.41, 5.74) is 6.37. The van der Waals surface area contributed by atoms with Gasteiger partial charge in [-0.15, -0.1) is 0 Å². The van der Waals surface area contributed by atoms with Crippen LogP contribution in [-0.2, 0) is 11.3 Å². The molecule has 0 spiro atoms. The summed E-state index contributed by atoms with van der Waals surface area (Å²) in [5.74, 6) is -0.411. The Labute approximate surface area is 99.7 Å². The smallest absolute Gasteiger partial charge is 0.128 e. The van der Waals surface area contributed by atoms with E-state index in [4.69, 9.17) is 15.9 Å². The van der Waals surface area contributed by atoms with Crippen LogP contribution in [0.3, 0.4) is 0 Å². The van der Waals surface area contributed by atoms with Gasteiger partial charge in [0.05, 0.1) is 13.2 Å². The molecule has 3 N–H and O–H groups in total. The van der Waals surface area contributed by atoms with E-state index >= 15 is 0 Å². The number of hydrogen-bond acceptors (Lipinski definition) is 3. The molecule has 1 aliphatic heterocycles. The van der Waals surface area contributed by atoms with Crippen LogP contribution >= 0.6 is 0 Å². The van der Waals surface area contributed by atoms with E-state index < -0.39 is 0 Å². The molecule has 5 heteroatoms. The number of ether oxygens (including phenoxy) is 1. The van der Waals surface area contributed by atoms with Crippen molar-refractivity contribution in [2.24, 2.45) is 5.73 Å². The molecular weight excluding hydrogens is 221 g/mol. The van der Waals surface area contributed by atoms with Crippen molar-refractivity contribution in [1.82, 2.24) is 4.90 Å². The average Bonchev–Trinajstić information content (AvgIpc) is 2.33. The topological polar surface area (TPSA) is 62.3 Å². The SMILES string of the molecule is N=C(N)c1ccc(CN2CCOCC2)c(F)c1. The maximum atomic E-state index is 13.8. The van der Waals surface area contributed by atoms with Crippen LogP contribution in [0, 0.1) is 11.2 Å². The molecule has 0 saturated carbocycles. The predicted octanol–water partition coefficient (Wildman–Crippen LogP) is 0.942. The summed E-state index contributed by atoms with van der Waals surface area (Å²) in [5, 5.41) is 7.24. The minimum atomic E-state index is -0.302. The van der Waals surface area contributed by atoms with E-state index in [1.165, 1.54) is 6.07 Å². The first-order valence-corrected chi connectivity index (χ1v) is 5.60. The van der Waals surface area contributed by atoms with Gasteiger partial charge in [-0.2, -0.15) is 0 Å². The Hall–Kier alpha value is -1.46. The fourth-order valence-electron chi connectivity index (χ4n) is 1.84. The van der Waals surface area contributed by atoms with Gasteiger partial charge in [0.15, 0.2) is 0 Å². The summed E-state index contributed by atoms with van der Waals surface area (Å²) in [4.78, 5) is 2.15. The maximum Gasteiger partial charge on any atom is 0.128 e. The van der Waals surface area contributed by atoms with E-state index in [1.54, 1.807) is 12.1 Å². The minimum absolute atomic E-state index is 0.109. The van der Waals surface area contributed by atoms with E-state index in [-0.39, 0.29) is 11.7 Å². The van der Waals surface area contributed by atoms with Gasteiger partial charge in [-0.05, 0) is 6.07 Å². The molecule has 92 valence electrons. The van der Waals surface area contributed by atoms with Crippen LogP contribution < -0.4 is 5.73 Å². The molecule has 0 bridgehead atoms. The summed E-state index contributed by atoms with van der Waals surface area (Å²) in [7, 11) is 0. The van der Waals surface area contributed by atoms with E-state index in [0.29, 0.717) is 30.9 Å². The molecule has 17 heavy (non-hydrogen) atoms. The minimum Gasteiger partial charge on any atom is -0.384 e. The number of nitrogens with two attached hydrogens (primary N) is 1. The number of nitrogens with one attached hydrogen (secondary N) is 1. The van der Waals surface area contributed by atoms with Crippen molar-refractivity contribution in [3.8, 4) is 0 Å². The first kappa shape index (κ1) is 12.0. The van der Waals surface area contributed by atoms with Crippen molar-refractivity contribution in [3.05, 3.63) is 35.1 Å². The average molecular weight is 237 g/mol. The Bertz CT molecular complexity index is 416. The molecule has 0 aromatic heterocycles. The van der Waals surface area contributed by atoms with Crippen molar-refractivity contribution in [3.63, 3.8) is 0 Å². The van der Waals surface area contributed by atoms with Gasteiger partial charge in [0.1, 0.15) is 11.7 Å². The number of rotatable bonds is 3. The highest BCUT2D eigenvalue weighted by molar-refractivity contribution is 5.94. The maximum absolute atomic E-state index is 13.8. The van der Waals surface area contributed by atoms with Gasteiger partial charge < -0.3 is 10.5 Å². The van der Waals surface area contributed by atoms with E-state index in [0.717, 1.165) is 13.1 Å². The van der Waals surface area contributed by atoms with Gasteiger partial charge in [0.25, 0.3) is 0 Å². The van der Waals surface area contributed by atoms with Gasteiger partial charge in [-0.25, -0.2) is 4.39 Å². The molecule has 1 heterocycles. The van der Waals surface area contributed by atoms with Crippen molar-refractivity contribution in [2.75, 3.05) is 26.3 Å². The summed E-state index contributed by atoms with van der Waals surface area (Å²) in [6.45, 7) is 3.63. The monoisotopic (exact) mass is 237 g/mol. The molecule has 4 nitrogen and oxygen atoms in total. The van der Waals surface area contributed by atoms with Gasteiger partial charge in [0, 0.05) is 30.8 Å². The first-order valence-electron chi connectivity index (χ1n) is 5.60. The quantitative estimate of drug-likeness (QED) is 0.607. The number of nitrogen functional groups attached to an aromatic ring is 1. The zero-order valence-electron chi connectivity index (χ0n) is 9.58. The third-order valence-corrected chi connectivity index (χ3v) is 2.86. The number of hydrogen-bond donors (Lipinski definition) is 2.